The van der Waals surface area contributed by atoms with Crippen LogP contribution in [0.25, 0.3) is 43.6 Å². The zero-order chi connectivity index (χ0) is 50.0. The minimum Gasteiger partial charge on any atom is -0.505 e. The number of halogens is 3. The molecule has 19 heteroatoms. The van der Waals surface area contributed by atoms with Crippen LogP contribution in [0.15, 0.2) is 73.3 Å². The van der Waals surface area contributed by atoms with E-state index >= 15 is 4.39 Å². The Bertz CT molecular complexity index is 3070. The number of piperazine rings is 2. The highest BCUT2D eigenvalue weighted by atomic mass is 35.5. The molecular weight excluding hydrogens is 934 g/mol. The summed E-state index contributed by atoms with van der Waals surface area (Å²) in [5.41, 5.74) is 4.58. The van der Waals surface area contributed by atoms with Crippen molar-refractivity contribution in [2.24, 2.45) is 0 Å². The van der Waals surface area contributed by atoms with Gasteiger partial charge >= 0.3 is 0 Å². The van der Waals surface area contributed by atoms with Gasteiger partial charge in [-0.15, -0.1) is 0 Å². The van der Waals surface area contributed by atoms with Gasteiger partial charge in [0, 0.05) is 116 Å². The number of hydrogen-bond acceptors (Lipinski definition) is 14. The molecule has 0 radical (unpaired) electrons. The average molecular weight is 996 g/mol. The van der Waals surface area contributed by atoms with E-state index in [2.05, 4.69) is 63.6 Å². The molecule has 2 saturated heterocycles. The molecule has 10 rings (SSSR count). The van der Waals surface area contributed by atoms with Crippen LogP contribution in [0.5, 0.6) is 40.4 Å². The van der Waals surface area contributed by atoms with Crippen LogP contribution in [0.2, 0.25) is 5.15 Å². The van der Waals surface area contributed by atoms with E-state index in [4.69, 9.17) is 40.4 Å². The number of fused-ring (bicyclic) bond motifs is 4. The molecule has 376 valence electrons. The number of aromatic hydroxyl groups is 1. The third kappa shape index (κ3) is 12.7. The second-order valence-corrected chi connectivity index (χ2v) is 18.1. The number of aryl methyl sites for hydroxylation is 2. The van der Waals surface area contributed by atoms with Gasteiger partial charge in [0.25, 0.3) is 0 Å². The van der Waals surface area contributed by atoms with Crippen LogP contribution < -0.4 is 23.7 Å². The Morgan fingerprint density at radius 3 is 1.62 bits per heavy atom. The monoisotopic (exact) mass is 994 g/mol. The maximum Gasteiger partial charge on any atom is 0.230 e. The lowest BCUT2D eigenvalue weighted by molar-refractivity contribution is 0.145. The van der Waals surface area contributed by atoms with Gasteiger partial charge in [0.1, 0.15) is 17.8 Å². The minimum absolute atomic E-state index is 0.0969. The molecule has 71 heavy (non-hydrogen) atoms. The van der Waals surface area contributed by atoms with Gasteiger partial charge in [-0.2, -0.15) is 0 Å². The molecule has 0 atom stereocenters. The SMILES string of the molecule is COc1cc2c(Cl)ncnc2cc1OCCCN1CCN(C)CC1.COc1cc2c(Oc3ccc4[nH]c(C)cc4c3F)ncnc2cc1OCCCN1CCN(C)CC1.Cc1cc2c(F)c(O)ccc2[nH]1. The van der Waals surface area contributed by atoms with E-state index in [1.807, 2.05) is 32.0 Å². The molecular formula is C52H61ClF2N10O6. The Balaban J connectivity index is 0.000000161. The third-order valence-electron chi connectivity index (χ3n) is 12.6. The number of nitrogens with zero attached hydrogens (tertiary/aromatic N) is 8. The van der Waals surface area contributed by atoms with E-state index < -0.39 is 11.6 Å². The lowest BCUT2D eigenvalue weighted by Crippen LogP contribution is -2.44. The molecule has 6 heterocycles. The number of benzene rings is 4. The number of phenols is 1. The molecule has 0 aliphatic carbocycles. The Morgan fingerprint density at radius 1 is 0.577 bits per heavy atom. The maximum atomic E-state index is 15.1. The summed E-state index contributed by atoms with van der Waals surface area (Å²) in [5, 5.41) is 11.7. The van der Waals surface area contributed by atoms with E-state index in [0.717, 1.165) is 106 Å². The van der Waals surface area contributed by atoms with Crippen LogP contribution in [-0.4, -0.2) is 162 Å². The highest BCUT2D eigenvalue weighted by Crippen LogP contribution is 2.38. The zero-order valence-electron chi connectivity index (χ0n) is 41.0. The van der Waals surface area contributed by atoms with Crippen molar-refractivity contribution >= 4 is 55.2 Å². The van der Waals surface area contributed by atoms with Gasteiger partial charge in [0.15, 0.2) is 46.1 Å². The first-order valence-electron chi connectivity index (χ1n) is 23.7. The summed E-state index contributed by atoms with van der Waals surface area (Å²) < 4.78 is 57.1. The van der Waals surface area contributed by atoms with Gasteiger partial charge < -0.3 is 58.4 Å². The lowest BCUT2D eigenvalue weighted by Gasteiger charge is -2.32. The fourth-order valence-electron chi connectivity index (χ4n) is 8.55. The number of likely N-dealkylation sites (N-methyl/N-ethyl adjacent to an activating group) is 2. The molecule has 4 aromatic carbocycles. The number of ether oxygens (including phenoxy) is 5. The molecule has 2 aliphatic heterocycles. The van der Waals surface area contributed by atoms with E-state index in [0.29, 0.717) is 68.6 Å². The summed E-state index contributed by atoms with van der Waals surface area (Å²) in [6, 6.07) is 17.1. The highest BCUT2D eigenvalue weighted by Gasteiger charge is 2.19. The van der Waals surface area contributed by atoms with E-state index in [-0.39, 0.29) is 17.4 Å². The van der Waals surface area contributed by atoms with Crippen LogP contribution in [0.1, 0.15) is 24.2 Å². The van der Waals surface area contributed by atoms with Crippen molar-refractivity contribution in [3.63, 3.8) is 0 Å². The van der Waals surface area contributed by atoms with E-state index in [1.54, 1.807) is 50.6 Å². The second kappa shape index (κ2) is 23.6. The summed E-state index contributed by atoms with van der Waals surface area (Å²) >= 11 is 6.10. The highest BCUT2D eigenvalue weighted by molar-refractivity contribution is 6.34. The number of phenolic OH excluding ortho intramolecular Hbond substituents is 1. The molecule has 0 spiro atoms. The van der Waals surface area contributed by atoms with Crippen molar-refractivity contribution < 1.29 is 37.6 Å². The van der Waals surface area contributed by atoms with Crippen LogP contribution >= 0.6 is 11.6 Å². The van der Waals surface area contributed by atoms with E-state index in [9.17, 15) is 4.39 Å². The maximum absolute atomic E-state index is 15.1. The predicted octanol–water partition coefficient (Wildman–Crippen LogP) is 9.00. The summed E-state index contributed by atoms with van der Waals surface area (Å²) in [5.74, 6) is 1.55. The van der Waals surface area contributed by atoms with Gasteiger partial charge in [-0.05, 0) is 89.3 Å². The normalized spacial score (nSPS) is 14.8. The van der Waals surface area contributed by atoms with E-state index in [1.165, 1.54) is 18.7 Å². The van der Waals surface area contributed by atoms with Gasteiger partial charge in [-0.1, -0.05) is 11.6 Å². The Hall–Kier alpha value is -6.57. The summed E-state index contributed by atoms with van der Waals surface area (Å²) in [4.78, 5) is 32.6. The quantitative estimate of drug-likeness (QED) is 0.0699. The first-order chi connectivity index (χ1) is 34.4. The summed E-state index contributed by atoms with van der Waals surface area (Å²) in [6.07, 6.45) is 4.76. The fourth-order valence-corrected chi connectivity index (χ4v) is 8.75. The van der Waals surface area contributed by atoms with Gasteiger partial charge in [-0.25, -0.2) is 28.7 Å². The number of nitrogens with one attached hydrogen (secondary N) is 2. The van der Waals surface area contributed by atoms with Crippen molar-refractivity contribution in [1.29, 1.82) is 0 Å². The van der Waals surface area contributed by atoms with Gasteiger partial charge in [0.2, 0.25) is 5.88 Å². The van der Waals surface area contributed by atoms with Crippen LogP contribution in [0.3, 0.4) is 0 Å². The molecule has 4 aromatic heterocycles. The third-order valence-corrected chi connectivity index (χ3v) is 12.9. The molecule has 2 aliphatic rings. The Morgan fingerprint density at radius 2 is 1.07 bits per heavy atom. The number of aromatic amines is 2. The zero-order valence-corrected chi connectivity index (χ0v) is 41.8. The largest absolute Gasteiger partial charge is 0.505 e. The number of H-pyrrole nitrogens is 2. The Labute approximate surface area is 416 Å². The smallest absolute Gasteiger partial charge is 0.230 e. The van der Waals surface area contributed by atoms with Gasteiger partial charge in [-0.3, -0.25) is 0 Å². The number of aromatic nitrogens is 6. The molecule has 0 unspecified atom stereocenters. The van der Waals surface area contributed by atoms with Crippen LogP contribution in [-0.2, 0) is 0 Å². The minimum atomic E-state index is -0.558. The van der Waals surface area contributed by atoms with Crippen molar-refractivity contribution in [3.8, 4) is 40.4 Å². The molecule has 16 nitrogen and oxygen atoms in total. The molecule has 0 amide bonds. The van der Waals surface area contributed by atoms with Crippen molar-refractivity contribution in [2.75, 3.05) is 107 Å². The van der Waals surface area contributed by atoms with Crippen molar-refractivity contribution in [2.45, 2.75) is 26.7 Å². The van der Waals surface area contributed by atoms with Crippen LogP contribution in [0, 0.1) is 25.5 Å². The average Bonchev–Trinajstić information content (AvgIpc) is 3.96. The second-order valence-electron chi connectivity index (χ2n) is 17.8. The Kier molecular flexibility index (Phi) is 16.9. The lowest BCUT2D eigenvalue weighted by atomic mass is 10.2. The first-order valence-corrected chi connectivity index (χ1v) is 24.1. The predicted molar refractivity (Wildman–Crippen MR) is 273 cm³/mol. The fraction of sp³-hybridized carbons (Fsp3) is 0.385. The first kappa shape index (κ1) is 50.8. The molecule has 0 bridgehead atoms. The number of rotatable bonds is 14. The standard InChI is InChI=1S/C26H30FN5O3.C17H23ClN4O2.C9H8FNO/c1-17-13-18-20(30-17)5-6-22(25(18)27)35-26-19-14-23(33-3)24(15-21(19)28-16-29-26)34-12-4-7-32-10-8-31(2)9-11-32;1-21-5-7-22(8-6-21)4-3-9-24-16-11-14-13(10-15(16)23-2)17(18)20-12-19-14;1-5-4-6-7(11-5)2-3-8(12)9(6)10/h5-6,13-16,30H,4,7-12H2,1-3H3;10-12H,3-9H2,1-2H3;2-4,11-12H,1H3. The van der Waals surface area contributed by atoms with Crippen LogP contribution in [0.4, 0.5) is 8.78 Å². The molecule has 2 fully saturated rings. The molecule has 8 aromatic rings. The van der Waals surface area contributed by atoms with Gasteiger partial charge in [0.05, 0.1) is 43.9 Å². The van der Waals surface area contributed by atoms with Crippen molar-refractivity contribution in [3.05, 3.63) is 101 Å². The number of methoxy groups -OCH3 is 2. The summed E-state index contributed by atoms with van der Waals surface area (Å²) in [7, 11) is 7.53. The summed E-state index contributed by atoms with van der Waals surface area (Å²) in [6.45, 7) is 15.9. The molecule has 0 saturated carbocycles. The van der Waals surface area contributed by atoms with Crippen molar-refractivity contribution in [1.82, 2.24) is 49.5 Å². The number of hydrogen-bond donors (Lipinski definition) is 3. The molecule has 3 N–H and O–H groups in total. The topological polar surface area (TPSA) is 162 Å².